The van der Waals surface area contributed by atoms with E-state index in [-0.39, 0.29) is 46.3 Å². The van der Waals surface area contributed by atoms with E-state index in [1.54, 1.807) is 0 Å². The Labute approximate surface area is 159 Å². The second-order valence-corrected chi connectivity index (χ2v) is 11.4. The molecule has 0 aromatic carbocycles. The highest BCUT2D eigenvalue weighted by Gasteiger charge is 2.90. The van der Waals surface area contributed by atoms with Crippen LogP contribution in [0.3, 0.4) is 0 Å². The van der Waals surface area contributed by atoms with Gasteiger partial charge >= 0.3 is 5.97 Å². The molecule has 146 valence electrons. The quantitative estimate of drug-likeness (QED) is 0.538. The average molecular weight is 371 g/mol. The van der Waals surface area contributed by atoms with Crippen molar-refractivity contribution < 1.29 is 19.7 Å². The highest BCUT2D eigenvalue weighted by molar-refractivity contribution is 5.66. The Balaban J connectivity index is 1.49. The molecule has 9 rings (SSSR count). The molecule has 0 radical (unpaired) electrons. The second-order valence-electron chi connectivity index (χ2n) is 11.4. The molecule has 2 spiro atoms. The fraction of sp³-hybridized carbons (Fsp3) is 0.864. The maximum atomic E-state index is 12.0. The lowest BCUT2D eigenvalue weighted by molar-refractivity contribution is -0.221. The number of fused-ring (bicyclic) bond motifs is 1. The SMILES string of the molecule is C=C1CC23CC4C5C6(C)CC(O)CC57C(C2C(OC(C)=O)C1C(O)C37)N4C6. The number of rotatable bonds is 1. The molecule has 13 unspecified atom stereocenters. The summed E-state index contributed by atoms with van der Waals surface area (Å²) >= 11 is 0. The third kappa shape index (κ3) is 1.34. The molecule has 9 aliphatic rings. The van der Waals surface area contributed by atoms with E-state index in [1.807, 2.05) is 0 Å². The van der Waals surface area contributed by atoms with Crippen molar-refractivity contribution in [2.75, 3.05) is 6.54 Å². The van der Waals surface area contributed by atoms with Crippen LogP contribution >= 0.6 is 0 Å². The molecular formula is C22H29NO4. The van der Waals surface area contributed by atoms with Gasteiger partial charge in [0.1, 0.15) is 6.10 Å². The van der Waals surface area contributed by atoms with Gasteiger partial charge in [-0.25, -0.2) is 0 Å². The maximum absolute atomic E-state index is 12.0. The van der Waals surface area contributed by atoms with E-state index in [9.17, 15) is 15.0 Å². The van der Waals surface area contributed by atoms with E-state index >= 15 is 0 Å². The van der Waals surface area contributed by atoms with E-state index in [1.165, 1.54) is 6.92 Å². The third-order valence-corrected chi connectivity index (χ3v) is 10.4. The molecule has 6 saturated carbocycles. The van der Waals surface area contributed by atoms with Gasteiger partial charge in [-0.1, -0.05) is 19.1 Å². The van der Waals surface area contributed by atoms with Gasteiger partial charge in [-0.15, -0.1) is 0 Å². The van der Waals surface area contributed by atoms with Crippen molar-refractivity contribution >= 4 is 5.97 Å². The molecule has 9 bridgehead atoms. The van der Waals surface area contributed by atoms with Crippen LogP contribution in [0.1, 0.15) is 39.5 Å². The predicted molar refractivity (Wildman–Crippen MR) is 96.4 cm³/mol. The van der Waals surface area contributed by atoms with Crippen molar-refractivity contribution in [1.29, 1.82) is 0 Å². The maximum Gasteiger partial charge on any atom is 0.302 e. The van der Waals surface area contributed by atoms with Crippen LogP contribution in [0.5, 0.6) is 0 Å². The zero-order chi connectivity index (χ0) is 18.7. The zero-order valence-electron chi connectivity index (χ0n) is 16.1. The molecular weight excluding hydrogens is 342 g/mol. The number of carbonyl (C=O) groups excluding carboxylic acids is 1. The Morgan fingerprint density at radius 3 is 2.78 bits per heavy atom. The van der Waals surface area contributed by atoms with E-state index in [0.717, 1.165) is 37.8 Å². The summed E-state index contributed by atoms with van der Waals surface area (Å²) in [6, 6.07) is 0.930. The molecule has 6 aliphatic carbocycles. The van der Waals surface area contributed by atoms with E-state index in [0.29, 0.717) is 23.9 Å². The lowest BCUT2D eigenvalue weighted by Crippen LogP contribution is -2.68. The van der Waals surface area contributed by atoms with Crippen LogP contribution in [-0.2, 0) is 9.53 Å². The number of nitrogens with zero attached hydrogens (tertiary/aromatic N) is 1. The van der Waals surface area contributed by atoms with E-state index in [2.05, 4.69) is 18.4 Å². The zero-order valence-corrected chi connectivity index (χ0v) is 16.1. The number of piperidine rings is 2. The third-order valence-electron chi connectivity index (χ3n) is 10.4. The van der Waals surface area contributed by atoms with Gasteiger partial charge < -0.3 is 14.9 Å². The molecule has 0 amide bonds. The topological polar surface area (TPSA) is 70.0 Å². The summed E-state index contributed by atoms with van der Waals surface area (Å²) in [5.41, 5.74) is 1.24. The number of hydrogen-bond acceptors (Lipinski definition) is 5. The van der Waals surface area contributed by atoms with Gasteiger partial charge in [-0.3, -0.25) is 9.69 Å². The Kier molecular flexibility index (Phi) is 2.46. The van der Waals surface area contributed by atoms with E-state index in [4.69, 9.17) is 4.74 Å². The minimum atomic E-state index is -0.493. The Bertz CT molecular complexity index is 812. The lowest BCUT2D eigenvalue weighted by Gasteiger charge is -2.66. The summed E-state index contributed by atoms with van der Waals surface area (Å²) in [6.07, 6.45) is 2.78. The molecule has 27 heavy (non-hydrogen) atoms. The number of aliphatic hydroxyl groups excluding tert-OH is 2. The van der Waals surface area contributed by atoms with Gasteiger partial charge in [0.25, 0.3) is 0 Å². The first-order chi connectivity index (χ1) is 12.7. The molecule has 0 aromatic heterocycles. The number of hydrogen-bond donors (Lipinski definition) is 2. The normalized spacial score (nSPS) is 68.7. The highest BCUT2D eigenvalue weighted by atomic mass is 16.5. The van der Waals surface area contributed by atoms with Crippen molar-refractivity contribution in [3.8, 4) is 0 Å². The van der Waals surface area contributed by atoms with Crippen LogP contribution in [0.25, 0.3) is 0 Å². The molecule has 2 N–H and O–H groups in total. The summed E-state index contributed by atoms with van der Waals surface area (Å²) in [7, 11) is 0. The lowest BCUT2D eigenvalue weighted by atomic mass is 9.39. The Hall–Kier alpha value is -0.910. The molecule has 3 aliphatic heterocycles. The van der Waals surface area contributed by atoms with Crippen LogP contribution in [0.2, 0.25) is 0 Å². The first-order valence-electron chi connectivity index (χ1n) is 10.7. The monoisotopic (exact) mass is 371 g/mol. The van der Waals surface area contributed by atoms with Crippen molar-refractivity contribution in [3.05, 3.63) is 12.2 Å². The molecule has 3 heterocycles. The van der Waals surface area contributed by atoms with Gasteiger partial charge in [0.05, 0.1) is 12.2 Å². The smallest absolute Gasteiger partial charge is 0.302 e. The van der Waals surface area contributed by atoms with Gasteiger partial charge in [0.15, 0.2) is 0 Å². The summed E-state index contributed by atoms with van der Waals surface area (Å²) in [5, 5.41) is 22.5. The minimum absolute atomic E-state index is 0.00842. The summed E-state index contributed by atoms with van der Waals surface area (Å²) in [4.78, 5) is 14.7. The van der Waals surface area contributed by atoms with Crippen molar-refractivity contribution in [1.82, 2.24) is 4.90 Å². The molecule has 5 nitrogen and oxygen atoms in total. The first-order valence-corrected chi connectivity index (χ1v) is 10.7. The summed E-state index contributed by atoms with van der Waals surface area (Å²) in [6.45, 7) is 9.25. The fourth-order valence-electron chi connectivity index (χ4n) is 11.0. The molecule has 9 fully saturated rings. The molecule has 3 saturated heterocycles. The highest BCUT2D eigenvalue weighted by Crippen LogP contribution is 2.87. The van der Waals surface area contributed by atoms with Crippen molar-refractivity contribution in [2.45, 2.75) is 69.9 Å². The number of esters is 1. The van der Waals surface area contributed by atoms with Crippen LogP contribution in [0.4, 0.5) is 0 Å². The van der Waals surface area contributed by atoms with Crippen LogP contribution in [0, 0.1) is 39.9 Å². The van der Waals surface area contributed by atoms with Crippen LogP contribution in [0.15, 0.2) is 12.2 Å². The van der Waals surface area contributed by atoms with E-state index < -0.39 is 6.10 Å². The second kappa shape index (κ2) is 4.17. The molecule has 13 atom stereocenters. The summed E-state index contributed by atoms with van der Waals surface area (Å²) in [5.74, 6) is 0.709. The van der Waals surface area contributed by atoms with Gasteiger partial charge in [0.2, 0.25) is 0 Å². The fourth-order valence-corrected chi connectivity index (χ4v) is 11.0. The standard InChI is InChI=1S/C22H29NO4/c1-9-4-21-7-12-17-20(3)5-11(25)6-22(17)18(21)15(26)13(9)16(27-10(2)24)14(21)19(22)23(12)8-20/h11-19,25-26H,1,4-8H2,2-3H3. The van der Waals surface area contributed by atoms with Crippen molar-refractivity contribution in [3.63, 3.8) is 0 Å². The molecule has 0 aromatic rings. The number of carbonyl (C=O) groups is 1. The van der Waals surface area contributed by atoms with Gasteiger partial charge in [-0.05, 0) is 53.8 Å². The Morgan fingerprint density at radius 2 is 2.04 bits per heavy atom. The van der Waals surface area contributed by atoms with Crippen LogP contribution in [-0.4, -0.2) is 58.0 Å². The number of ether oxygens (including phenoxy) is 1. The minimum Gasteiger partial charge on any atom is -0.461 e. The summed E-state index contributed by atoms with van der Waals surface area (Å²) < 4.78 is 5.94. The predicted octanol–water partition coefficient (Wildman–Crippen LogP) is 1.33. The average Bonchev–Trinajstić information content (AvgIpc) is 2.95. The van der Waals surface area contributed by atoms with Crippen molar-refractivity contribution in [2.24, 2.45) is 39.9 Å². The van der Waals surface area contributed by atoms with Gasteiger partial charge in [-0.2, -0.15) is 0 Å². The molecule has 5 heteroatoms. The first kappa shape index (κ1) is 15.9. The Morgan fingerprint density at radius 1 is 1.26 bits per heavy atom. The largest absolute Gasteiger partial charge is 0.461 e. The number of aliphatic hydroxyl groups is 2. The van der Waals surface area contributed by atoms with Crippen LogP contribution < -0.4 is 0 Å². The van der Waals surface area contributed by atoms with Gasteiger partial charge in [0, 0.05) is 37.4 Å².